The van der Waals surface area contributed by atoms with Crippen LogP contribution in [0.4, 0.5) is 0 Å². The number of alkyl halides is 1. The van der Waals surface area contributed by atoms with E-state index in [4.69, 9.17) is 4.74 Å². The lowest BCUT2D eigenvalue weighted by Gasteiger charge is -2.27. The number of rotatable bonds is 6. The van der Waals surface area contributed by atoms with E-state index in [2.05, 4.69) is 35.1 Å². The first-order valence-electron chi connectivity index (χ1n) is 6.46. The molecule has 1 aliphatic rings. The highest BCUT2D eigenvalue weighted by atomic mass is 79.9. The Morgan fingerprint density at radius 2 is 2.06 bits per heavy atom. The van der Waals surface area contributed by atoms with Gasteiger partial charge in [-0.3, -0.25) is 4.79 Å². The van der Waals surface area contributed by atoms with Crippen molar-refractivity contribution in [1.82, 2.24) is 5.32 Å². The zero-order chi connectivity index (χ0) is 12.7. The number of carbonyl (C=O) groups is 1. The molecule has 0 aromatic carbocycles. The number of carbonyl (C=O) groups excluding carboxylic acids is 1. The normalized spacial score (nSPS) is 18.1. The second-order valence-corrected chi connectivity index (χ2v) is 6.35. The van der Waals surface area contributed by atoms with Crippen LogP contribution in [0.3, 0.4) is 0 Å². The average molecular weight is 306 g/mol. The number of nitrogens with one attached hydrogen (secondary N) is 1. The Hall–Kier alpha value is -0.0900. The molecule has 3 nitrogen and oxygen atoms in total. The van der Waals surface area contributed by atoms with Gasteiger partial charge in [-0.25, -0.2) is 0 Å². The Bertz CT molecular complexity index is 238. The second kappa shape index (κ2) is 7.37. The van der Waals surface area contributed by atoms with Crippen molar-refractivity contribution >= 4 is 21.8 Å². The lowest BCUT2D eigenvalue weighted by molar-refractivity contribution is -0.128. The van der Waals surface area contributed by atoms with Crippen molar-refractivity contribution in [3.8, 4) is 0 Å². The van der Waals surface area contributed by atoms with Crippen LogP contribution < -0.4 is 5.32 Å². The highest BCUT2D eigenvalue weighted by Gasteiger charge is 2.24. The molecule has 1 aliphatic heterocycles. The summed E-state index contributed by atoms with van der Waals surface area (Å²) in [5, 5.41) is 4.12. The zero-order valence-corrected chi connectivity index (χ0v) is 12.5. The quantitative estimate of drug-likeness (QED) is 0.766. The van der Waals surface area contributed by atoms with Crippen LogP contribution in [-0.2, 0) is 9.53 Å². The molecule has 0 aliphatic carbocycles. The molecule has 0 bridgehead atoms. The maximum atomic E-state index is 11.9. The fourth-order valence-electron chi connectivity index (χ4n) is 2.06. The summed E-state index contributed by atoms with van der Waals surface area (Å²) < 4.78 is 5.26. The smallest absolute Gasteiger partial charge is 0.223 e. The first-order valence-corrected chi connectivity index (χ1v) is 7.59. The molecule has 1 amide bonds. The Morgan fingerprint density at radius 3 is 2.65 bits per heavy atom. The Morgan fingerprint density at radius 1 is 1.41 bits per heavy atom. The maximum absolute atomic E-state index is 11.9. The number of hydrogen-bond acceptors (Lipinski definition) is 2. The summed E-state index contributed by atoms with van der Waals surface area (Å²) in [5.74, 6) is 0.371. The SMILES string of the molecule is CC(C)(CCCBr)CNC(=O)C1CCOCC1. The van der Waals surface area contributed by atoms with E-state index in [1.54, 1.807) is 0 Å². The van der Waals surface area contributed by atoms with Gasteiger partial charge in [0.15, 0.2) is 0 Å². The molecular formula is C13H24BrNO2. The predicted molar refractivity (Wildman–Crippen MR) is 73.4 cm³/mol. The van der Waals surface area contributed by atoms with Crippen molar-refractivity contribution in [1.29, 1.82) is 0 Å². The van der Waals surface area contributed by atoms with Crippen molar-refractivity contribution in [2.75, 3.05) is 25.1 Å². The number of halogens is 1. The van der Waals surface area contributed by atoms with Crippen molar-refractivity contribution in [3.05, 3.63) is 0 Å². The van der Waals surface area contributed by atoms with E-state index < -0.39 is 0 Å². The zero-order valence-electron chi connectivity index (χ0n) is 10.9. The molecule has 0 radical (unpaired) electrons. The van der Waals surface area contributed by atoms with Crippen molar-refractivity contribution in [2.24, 2.45) is 11.3 Å². The minimum Gasteiger partial charge on any atom is -0.381 e. The van der Waals surface area contributed by atoms with Gasteiger partial charge in [-0.2, -0.15) is 0 Å². The van der Waals surface area contributed by atoms with E-state index in [-0.39, 0.29) is 17.2 Å². The Balaban J connectivity index is 2.26. The molecule has 17 heavy (non-hydrogen) atoms. The van der Waals surface area contributed by atoms with E-state index in [0.717, 1.165) is 50.8 Å². The average Bonchev–Trinajstić information content (AvgIpc) is 2.35. The molecule has 0 aromatic rings. The fourth-order valence-corrected chi connectivity index (χ4v) is 2.34. The first-order chi connectivity index (χ1) is 8.05. The van der Waals surface area contributed by atoms with Gasteiger partial charge in [0, 0.05) is 31.0 Å². The van der Waals surface area contributed by atoms with Crippen molar-refractivity contribution in [2.45, 2.75) is 39.5 Å². The predicted octanol–water partition coefficient (Wildman–Crippen LogP) is 2.73. The van der Waals surface area contributed by atoms with Crippen molar-refractivity contribution in [3.63, 3.8) is 0 Å². The lowest BCUT2D eigenvalue weighted by atomic mass is 9.87. The molecule has 1 fully saturated rings. The lowest BCUT2D eigenvalue weighted by Crippen LogP contribution is -2.39. The highest BCUT2D eigenvalue weighted by molar-refractivity contribution is 9.09. The standard InChI is InChI=1S/C13H24BrNO2/c1-13(2,6-3-7-14)10-15-12(16)11-4-8-17-9-5-11/h11H,3-10H2,1-2H3,(H,15,16). The first kappa shape index (κ1) is 15.0. The molecule has 4 heteroatoms. The van der Waals surface area contributed by atoms with Crippen LogP contribution in [-0.4, -0.2) is 31.0 Å². The molecule has 0 unspecified atom stereocenters. The number of hydrogen-bond donors (Lipinski definition) is 1. The Labute approximate surface area is 113 Å². The monoisotopic (exact) mass is 305 g/mol. The van der Waals surface area contributed by atoms with Crippen LogP contribution >= 0.6 is 15.9 Å². The van der Waals surface area contributed by atoms with Gasteiger partial charge in [-0.05, 0) is 31.1 Å². The van der Waals surface area contributed by atoms with Gasteiger partial charge in [-0.1, -0.05) is 29.8 Å². The molecule has 1 rings (SSSR count). The third-order valence-electron chi connectivity index (χ3n) is 3.32. The van der Waals surface area contributed by atoms with Crippen LogP contribution in [0.5, 0.6) is 0 Å². The molecule has 0 atom stereocenters. The van der Waals surface area contributed by atoms with Crippen LogP contribution in [0.2, 0.25) is 0 Å². The molecule has 0 saturated carbocycles. The van der Waals surface area contributed by atoms with Crippen LogP contribution in [0.1, 0.15) is 39.5 Å². The third-order valence-corrected chi connectivity index (χ3v) is 3.88. The minimum absolute atomic E-state index is 0.163. The molecule has 0 aromatic heterocycles. The van der Waals surface area contributed by atoms with Gasteiger partial charge in [-0.15, -0.1) is 0 Å². The molecular weight excluding hydrogens is 282 g/mol. The van der Waals surface area contributed by atoms with Gasteiger partial charge < -0.3 is 10.1 Å². The van der Waals surface area contributed by atoms with Crippen molar-refractivity contribution < 1.29 is 9.53 Å². The third kappa shape index (κ3) is 5.87. The van der Waals surface area contributed by atoms with Crippen LogP contribution in [0, 0.1) is 11.3 Å². The number of ether oxygens (including phenoxy) is 1. The Kier molecular flexibility index (Phi) is 6.49. The summed E-state index contributed by atoms with van der Waals surface area (Å²) in [6, 6.07) is 0. The summed E-state index contributed by atoms with van der Waals surface area (Å²) in [5.41, 5.74) is 0.189. The van der Waals surface area contributed by atoms with Gasteiger partial charge in [0.25, 0.3) is 0 Å². The molecule has 1 saturated heterocycles. The van der Waals surface area contributed by atoms with Crippen LogP contribution in [0.15, 0.2) is 0 Å². The topological polar surface area (TPSA) is 38.3 Å². The summed E-state index contributed by atoms with van der Waals surface area (Å²) in [4.78, 5) is 11.9. The second-order valence-electron chi connectivity index (χ2n) is 5.56. The summed E-state index contributed by atoms with van der Waals surface area (Å²) in [6.07, 6.45) is 4.02. The van der Waals surface area contributed by atoms with Gasteiger partial charge in [0.2, 0.25) is 5.91 Å². The number of amides is 1. The minimum atomic E-state index is 0.163. The summed E-state index contributed by atoms with van der Waals surface area (Å²) in [6.45, 7) is 6.65. The van der Waals surface area contributed by atoms with E-state index in [1.807, 2.05) is 0 Å². The van der Waals surface area contributed by atoms with E-state index in [1.165, 1.54) is 0 Å². The maximum Gasteiger partial charge on any atom is 0.223 e. The van der Waals surface area contributed by atoms with Gasteiger partial charge in [0.05, 0.1) is 0 Å². The van der Waals surface area contributed by atoms with E-state index >= 15 is 0 Å². The largest absolute Gasteiger partial charge is 0.381 e. The molecule has 1 heterocycles. The molecule has 100 valence electrons. The van der Waals surface area contributed by atoms with Gasteiger partial charge in [0.1, 0.15) is 0 Å². The van der Waals surface area contributed by atoms with E-state index in [0.29, 0.717) is 0 Å². The molecule has 1 N–H and O–H groups in total. The highest BCUT2D eigenvalue weighted by Crippen LogP contribution is 2.22. The molecule has 0 spiro atoms. The summed E-state index contributed by atoms with van der Waals surface area (Å²) >= 11 is 3.44. The van der Waals surface area contributed by atoms with Crippen LogP contribution in [0.25, 0.3) is 0 Å². The fraction of sp³-hybridized carbons (Fsp3) is 0.923. The van der Waals surface area contributed by atoms with E-state index in [9.17, 15) is 4.79 Å². The summed E-state index contributed by atoms with van der Waals surface area (Å²) in [7, 11) is 0. The van der Waals surface area contributed by atoms with Gasteiger partial charge >= 0.3 is 0 Å².